The van der Waals surface area contributed by atoms with Gasteiger partial charge in [-0.2, -0.15) is 0 Å². The number of ether oxygens (including phenoxy) is 1. The molecule has 2 rings (SSSR count). The van der Waals surface area contributed by atoms with Gasteiger partial charge in [0.2, 0.25) is 5.91 Å². The molecule has 0 aliphatic heterocycles. The average Bonchev–Trinajstić information content (AvgIpc) is 3.01. The predicted molar refractivity (Wildman–Crippen MR) is 94.3 cm³/mol. The number of imide groups is 1. The van der Waals surface area contributed by atoms with Crippen molar-refractivity contribution < 1.29 is 18.7 Å². The number of nitrogens with one attached hydrogen (secondary N) is 2. The smallest absolute Gasteiger partial charge is 0.321 e. The first-order valence-corrected chi connectivity index (χ1v) is 8.57. The van der Waals surface area contributed by atoms with Crippen molar-refractivity contribution in [2.24, 2.45) is 0 Å². The van der Waals surface area contributed by atoms with Crippen LogP contribution in [0.15, 0.2) is 42.1 Å². The SMILES string of the molecule is C=CCn1c(COc2ccc(F)cc2)nnc1SCC(=O)NC(=O)NC. The van der Waals surface area contributed by atoms with E-state index in [1.807, 2.05) is 0 Å². The Bertz CT molecular complexity index is 779. The lowest BCUT2D eigenvalue weighted by Crippen LogP contribution is -2.38. The minimum absolute atomic E-state index is 0.00150. The van der Waals surface area contributed by atoms with Crippen molar-refractivity contribution in [1.82, 2.24) is 25.4 Å². The van der Waals surface area contributed by atoms with Crippen LogP contribution in [-0.4, -0.2) is 39.5 Å². The molecule has 0 bridgehead atoms. The van der Waals surface area contributed by atoms with Crippen LogP contribution in [0.5, 0.6) is 5.75 Å². The molecule has 0 aliphatic carbocycles. The Balaban J connectivity index is 1.99. The summed E-state index contributed by atoms with van der Waals surface area (Å²) >= 11 is 1.14. The van der Waals surface area contributed by atoms with Crippen LogP contribution in [0, 0.1) is 5.82 Å². The van der Waals surface area contributed by atoms with E-state index in [4.69, 9.17) is 4.74 Å². The first kappa shape index (κ1) is 19.4. The average molecular weight is 379 g/mol. The standard InChI is InChI=1S/C16H18FN5O3S/c1-3-8-22-13(9-25-12-6-4-11(17)5-7-12)20-21-16(22)26-10-14(23)19-15(24)18-2/h3-7H,1,8-10H2,2H3,(H2,18,19,23,24). The van der Waals surface area contributed by atoms with Crippen LogP contribution in [-0.2, 0) is 17.9 Å². The quantitative estimate of drug-likeness (QED) is 0.535. The van der Waals surface area contributed by atoms with Gasteiger partial charge in [-0.1, -0.05) is 17.8 Å². The maximum Gasteiger partial charge on any atom is 0.321 e. The molecule has 138 valence electrons. The number of rotatable bonds is 8. The highest BCUT2D eigenvalue weighted by molar-refractivity contribution is 7.99. The van der Waals surface area contributed by atoms with E-state index < -0.39 is 11.9 Å². The molecule has 0 unspecified atom stereocenters. The number of amides is 3. The van der Waals surface area contributed by atoms with E-state index in [-0.39, 0.29) is 18.2 Å². The maximum absolute atomic E-state index is 12.9. The fourth-order valence-electron chi connectivity index (χ4n) is 1.88. The van der Waals surface area contributed by atoms with Gasteiger partial charge in [0.05, 0.1) is 5.75 Å². The number of urea groups is 1. The monoisotopic (exact) mass is 379 g/mol. The summed E-state index contributed by atoms with van der Waals surface area (Å²) in [7, 11) is 1.42. The molecule has 1 heterocycles. The minimum atomic E-state index is -0.573. The van der Waals surface area contributed by atoms with Crippen molar-refractivity contribution in [1.29, 1.82) is 0 Å². The van der Waals surface area contributed by atoms with Gasteiger partial charge in [0, 0.05) is 13.6 Å². The molecule has 8 nitrogen and oxygen atoms in total. The van der Waals surface area contributed by atoms with Gasteiger partial charge in [0.25, 0.3) is 0 Å². The van der Waals surface area contributed by atoms with Crippen LogP contribution in [0.1, 0.15) is 5.82 Å². The van der Waals surface area contributed by atoms with Gasteiger partial charge in [0.15, 0.2) is 11.0 Å². The first-order chi connectivity index (χ1) is 12.5. The number of halogens is 1. The van der Waals surface area contributed by atoms with Gasteiger partial charge in [-0.15, -0.1) is 16.8 Å². The van der Waals surface area contributed by atoms with Crippen molar-refractivity contribution in [3.63, 3.8) is 0 Å². The summed E-state index contributed by atoms with van der Waals surface area (Å²) < 4.78 is 20.2. The number of hydrogen-bond donors (Lipinski definition) is 2. The number of nitrogens with zero attached hydrogens (tertiary/aromatic N) is 3. The lowest BCUT2D eigenvalue weighted by molar-refractivity contribution is -0.117. The Hall–Kier alpha value is -2.88. The van der Waals surface area contributed by atoms with Crippen molar-refractivity contribution >= 4 is 23.7 Å². The van der Waals surface area contributed by atoms with Crippen LogP contribution in [0.4, 0.5) is 9.18 Å². The molecule has 2 aromatic rings. The highest BCUT2D eigenvalue weighted by Crippen LogP contribution is 2.19. The van der Waals surface area contributed by atoms with Crippen LogP contribution >= 0.6 is 11.8 Å². The summed E-state index contributed by atoms with van der Waals surface area (Å²) in [4.78, 5) is 22.8. The number of hydrogen-bond acceptors (Lipinski definition) is 6. The van der Waals surface area contributed by atoms with E-state index in [0.29, 0.717) is 23.3 Å². The van der Waals surface area contributed by atoms with Crippen molar-refractivity contribution in [3.05, 3.63) is 48.6 Å². The van der Waals surface area contributed by atoms with Crippen LogP contribution in [0.2, 0.25) is 0 Å². The Kier molecular flexibility index (Phi) is 7.15. The van der Waals surface area contributed by atoms with Gasteiger partial charge in [-0.3, -0.25) is 14.7 Å². The van der Waals surface area contributed by atoms with E-state index in [9.17, 15) is 14.0 Å². The van der Waals surface area contributed by atoms with Gasteiger partial charge < -0.3 is 10.1 Å². The van der Waals surface area contributed by atoms with Crippen LogP contribution < -0.4 is 15.4 Å². The largest absolute Gasteiger partial charge is 0.486 e. The molecule has 1 aromatic carbocycles. The van der Waals surface area contributed by atoms with E-state index in [1.165, 1.54) is 31.3 Å². The summed E-state index contributed by atoms with van der Waals surface area (Å²) in [6.45, 7) is 4.24. The third-order valence-electron chi connectivity index (χ3n) is 3.10. The molecule has 1 aromatic heterocycles. The number of carbonyl (C=O) groups excluding carboxylic acids is 2. The Morgan fingerprint density at radius 1 is 1.35 bits per heavy atom. The summed E-state index contributed by atoms with van der Waals surface area (Å²) in [5.74, 6) is 0.233. The fourth-order valence-corrected chi connectivity index (χ4v) is 2.65. The molecular weight excluding hydrogens is 361 g/mol. The molecule has 26 heavy (non-hydrogen) atoms. The van der Waals surface area contributed by atoms with Crippen molar-refractivity contribution in [2.75, 3.05) is 12.8 Å². The highest BCUT2D eigenvalue weighted by atomic mass is 32.2. The molecule has 0 aliphatic rings. The topological polar surface area (TPSA) is 98.1 Å². The summed E-state index contributed by atoms with van der Waals surface area (Å²) in [6, 6.07) is 5.06. The van der Waals surface area contributed by atoms with E-state index >= 15 is 0 Å². The molecule has 10 heteroatoms. The molecule has 0 saturated carbocycles. The molecule has 2 N–H and O–H groups in total. The molecule has 0 radical (unpaired) electrons. The Morgan fingerprint density at radius 3 is 2.73 bits per heavy atom. The van der Waals surface area contributed by atoms with E-state index in [1.54, 1.807) is 10.6 Å². The number of thioether (sulfide) groups is 1. The van der Waals surface area contributed by atoms with Crippen molar-refractivity contribution in [2.45, 2.75) is 18.3 Å². The first-order valence-electron chi connectivity index (χ1n) is 7.59. The van der Waals surface area contributed by atoms with Crippen molar-refractivity contribution in [3.8, 4) is 5.75 Å². The van der Waals surface area contributed by atoms with Crippen LogP contribution in [0.25, 0.3) is 0 Å². The van der Waals surface area contributed by atoms with Gasteiger partial charge in [-0.05, 0) is 24.3 Å². The Labute approximate surface area is 153 Å². The summed E-state index contributed by atoms with van der Waals surface area (Å²) in [5, 5.41) is 13.1. The zero-order valence-electron chi connectivity index (χ0n) is 14.1. The zero-order chi connectivity index (χ0) is 18.9. The second-order valence-electron chi connectivity index (χ2n) is 4.96. The third-order valence-corrected chi connectivity index (χ3v) is 4.07. The number of aromatic nitrogens is 3. The normalized spacial score (nSPS) is 10.2. The zero-order valence-corrected chi connectivity index (χ0v) is 14.9. The lowest BCUT2D eigenvalue weighted by Gasteiger charge is -2.09. The van der Waals surface area contributed by atoms with Gasteiger partial charge >= 0.3 is 6.03 Å². The van der Waals surface area contributed by atoms with Gasteiger partial charge in [0.1, 0.15) is 18.2 Å². The molecule has 0 atom stereocenters. The fraction of sp³-hybridized carbons (Fsp3) is 0.250. The van der Waals surface area contributed by atoms with Crippen LogP contribution in [0.3, 0.4) is 0 Å². The lowest BCUT2D eigenvalue weighted by atomic mass is 10.3. The highest BCUT2D eigenvalue weighted by Gasteiger charge is 2.15. The summed E-state index contributed by atoms with van der Waals surface area (Å²) in [6.07, 6.45) is 1.67. The maximum atomic E-state index is 12.9. The number of benzene rings is 1. The van der Waals surface area contributed by atoms with E-state index in [2.05, 4.69) is 27.4 Å². The molecule has 0 spiro atoms. The summed E-state index contributed by atoms with van der Waals surface area (Å²) in [5.41, 5.74) is 0. The number of carbonyl (C=O) groups is 2. The molecular formula is C16H18FN5O3S. The minimum Gasteiger partial charge on any atom is -0.486 e. The molecule has 0 saturated heterocycles. The molecule has 3 amide bonds. The van der Waals surface area contributed by atoms with Gasteiger partial charge in [-0.25, -0.2) is 9.18 Å². The number of allylic oxidation sites excluding steroid dienone is 1. The Morgan fingerprint density at radius 2 is 2.08 bits per heavy atom. The second kappa shape index (κ2) is 9.56. The molecule has 0 fully saturated rings. The van der Waals surface area contributed by atoms with E-state index in [0.717, 1.165) is 11.8 Å². The predicted octanol–water partition coefficient (Wildman–Crippen LogP) is 1.73. The second-order valence-corrected chi connectivity index (χ2v) is 5.90. The third kappa shape index (κ3) is 5.59.